The Morgan fingerprint density at radius 1 is 0.978 bits per heavy atom. The maximum atomic E-state index is 13.7. The highest BCUT2D eigenvalue weighted by molar-refractivity contribution is 6.16. The molecule has 0 fully saturated rings. The molecular formula is C31H33N9O6. The Labute approximate surface area is 263 Å². The number of methoxy groups -OCH3 is 2. The number of rotatable bonds is 11. The van der Waals surface area contributed by atoms with Gasteiger partial charge in [0.2, 0.25) is 5.95 Å². The van der Waals surface area contributed by atoms with Gasteiger partial charge in [0.1, 0.15) is 0 Å². The highest BCUT2D eigenvalue weighted by atomic mass is 16.5. The summed E-state index contributed by atoms with van der Waals surface area (Å²) in [7, 11) is 2.42. The Kier molecular flexibility index (Phi) is 9.04. The number of hydrogen-bond acceptors (Lipinski definition) is 14. The van der Waals surface area contributed by atoms with Crippen molar-refractivity contribution in [3.05, 3.63) is 76.6 Å². The summed E-state index contributed by atoms with van der Waals surface area (Å²) in [4.78, 5) is 69.9. The van der Waals surface area contributed by atoms with Crippen molar-refractivity contribution in [2.24, 2.45) is 5.73 Å². The first-order valence-electron chi connectivity index (χ1n) is 14.3. The number of benzene rings is 2. The van der Waals surface area contributed by atoms with Crippen LogP contribution in [0.25, 0.3) is 11.2 Å². The molecule has 7 N–H and O–H groups in total. The number of fused-ring (bicyclic) bond motifs is 2. The predicted molar refractivity (Wildman–Crippen MR) is 168 cm³/mol. The molecule has 0 aliphatic carbocycles. The molecule has 3 heterocycles. The Morgan fingerprint density at radius 2 is 1.76 bits per heavy atom. The molecule has 0 radical (unpaired) electrons. The van der Waals surface area contributed by atoms with E-state index in [0.717, 1.165) is 18.4 Å². The van der Waals surface area contributed by atoms with Crippen LogP contribution in [0.3, 0.4) is 0 Å². The third-order valence-corrected chi connectivity index (χ3v) is 7.72. The molecule has 1 atom stereocenters. The van der Waals surface area contributed by atoms with Gasteiger partial charge in [0, 0.05) is 29.9 Å². The van der Waals surface area contributed by atoms with Crippen LogP contribution in [0.5, 0.6) is 0 Å². The number of ether oxygens (including phenoxy) is 2. The summed E-state index contributed by atoms with van der Waals surface area (Å²) in [5.74, 6) is -2.30. The zero-order valence-electron chi connectivity index (χ0n) is 25.3. The molecule has 0 saturated heterocycles. The summed E-state index contributed by atoms with van der Waals surface area (Å²) in [5, 5.41) is 2.72. The predicted octanol–water partition coefficient (Wildman–Crippen LogP) is 1.20. The number of Topliss-reactive ketones (excluding diaryl/α,β-unsaturated/α-hetero) is 1. The van der Waals surface area contributed by atoms with E-state index in [1.165, 1.54) is 19.2 Å². The first kappa shape index (κ1) is 31.7. The minimum absolute atomic E-state index is 0.0196. The topological polar surface area (TPSA) is 232 Å². The molecule has 4 aromatic rings. The van der Waals surface area contributed by atoms with Gasteiger partial charge in [-0.3, -0.25) is 9.59 Å². The van der Waals surface area contributed by atoms with Crippen molar-refractivity contribution < 1.29 is 28.7 Å². The maximum absolute atomic E-state index is 13.7. The number of carbonyl (C=O) groups excluding carboxylic acids is 4. The molecule has 2 aromatic carbocycles. The summed E-state index contributed by atoms with van der Waals surface area (Å²) < 4.78 is 9.61. The van der Waals surface area contributed by atoms with Crippen LogP contribution in [0.2, 0.25) is 0 Å². The van der Waals surface area contributed by atoms with Gasteiger partial charge in [-0.1, -0.05) is 6.07 Å². The second kappa shape index (κ2) is 13.1. The normalized spacial score (nSPS) is 13.5. The largest absolute Gasteiger partial charge is 0.467 e. The third kappa shape index (κ3) is 6.39. The van der Waals surface area contributed by atoms with Crippen LogP contribution in [0.1, 0.15) is 55.2 Å². The van der Waals surface area contributed by atoms with Gasteiger partial charge in [0.25, 0.3) is 5.91 Å². The maximum Gasteiger partial charge on any atom is 0.337 e. The molecule has 15 heteroatoms. The van der Waals surface area contributed by atoms with Crippen LogP contribution >= 0.6 is 0 Å². The summed E-state index contributed by atoms with van der Waals surface area (Å²) in [6.07, 6.45) is 2.38. The lowest BCUT2D eigenvalue weighted by Crippen LogP contribution is -2.55. The minimum Gasteiger partial charge on any atom is -0.467 e. The minimum atomic E-state index is -1.97. The van der Waals surface area contributed by atoms with Crippen molar-refractivity contribution in [3.8, 4) is 0 Å². The van der Waals surface area contributed by atoms with Crippen molar-refractivity contribution >= 4 is 52.2 Å². The SMILES string of the molecule is COC(=O)c1cccc(C(=O)NCCC[C@](N)(C(=O)OC)C(=O)c2ccc3c(c2)CCN3Cc2cnc3nc(N)nc(N)c3n2)c1. The number of hydrogen-bond donors (Lipinski definition) is 4. The number of ketones is 1. The summed E-state index contributed by atoms with van der Waals surface area (Å²) in [6, 6.07) is 11.2. The van der Waals surface area contributed by atoms with Crippen LogP contribution < -0.4 is 27.4 Å². The zero-order chi connectivity index (χ0) is 33.0. The molecular weight excluding hydrogens is 594 g/mol. The van der Waals surface area contributed by atoms with Gasteiger partial charge in [0.05, 0.1) is 38.2 Å². The van der Waals surface area contributed by atoms with Crippen molar-refractivity contribution in [1.29, 1.82) is 0 Å². The highest BCUT2D eigenvalue weighted by Crippen LogP contribution is 2.32. The number of amides is 1. The quantitative estimate of drug-likeness (QED) is 0.0792. The molecule has 15 nitrogen and oxygen atoms in total. The lowest BCUT2D eigenvalue weighted by molar-refractivity contribution is -0.145. The monoisotopic (exact) mass is 627 g/mol. The van der Waals surface area contributed by atoms with E-state index >= 15 is 0 Å². The van der Waals surface area contributed by atoms with Crippen molar-refractivity contribution in [2.75, 3.05) is 43.7 Å². The molecule has 2 aromatic heterocycles. The molecule has 1 aliphatic heterocycles. The lowest BCUT2D eigenvalue weighted by atomic mass is 9.85. The molecule has 0 spiro atoms. The smallest absolute Gasteiger partial charge is 0.337 e. The molecule has 1 amide bonds. The average Bonchev–Trinajstić information content (AvgIpc) is 3.47. The zero-order valence-corrected chi connectivity index (χ0v) is 25.3. The van der Waals surface area contributed by atoms with Gasteiger partial charge in [-0.25, -0.2) is 19.6 Å². The number of nitrogens with two attached hydrogens (primary N) is 3. The summed E-state index contributed by atoms with van der Waals surface area (Å²) >= 11 is 0. The lowest BCUT2D eigenvalue weighted by Gasteiger charge is -2.25. The van der Waals surface area contributed by atoms with Crippen LogP contribution in [0.15, 0.2) is 48.7 Å². The van der Waals surface area contributed by atoms with Crippen LogP contribution in [0, 0.1) is 0 Å². The molecule has 5 rings (SSSR count). The number of nitrogens with zero attached hydrogens (tertiary/aromatic N) is 5. The highest BCUT2D eigenvalue weighted by Gasteiger charge is 2.43. The summed E-state index contributed by atoms with van der Waals surface area (Å²) in [6.45, 7) is 1.20. The number of anilines is 3. The van der Waals surface area contributed by atoms with Crippen molar-refractivity contribution in [2.45, 2.75) is 31.3 Å². The van der Waals surface area contributed by atoms with Gasteiger partial charge in [-0.05, 0) is 61.2 Å². The number of nitrogens with one attached hydrogen (secondary N) is 1. The Hall–Kier alpha value is -5.70. The van der Waals surface area contributed by atoms with E-state index in [2.05, 4.69) is 30.2 Å². The Balaban J connectivity index is 1.25. The summed E-state index contributed by atoms with van der Waals surface area (Å²) in [5.41, 5.74) is 20.0. The van der Waals surface area contributed by atoms with Gasteiger partial charge in [-0.15, -0.1) is 0 Å². The van der Waals surface area contributed by atoms with Crippen molar-refractivity contribution in [3.63, 3.8) is 0 Å². The van der Waals surface area contributed by atoms with E-state index < -0.39 is 29.2 Å². The van der Waals surface area contributed by atoms with E-state index in [9.17, 15) is 19.2 Å². The Morgan fingerprint density at radius 3 is 2.52 bits per heavy atom. The van der Waals surface area contributed by atoms with E-state index in [4.69, 9.17) is 26.7 Å². The van der Waals surface area contributed by atoms with Gasteiger partial charge in [0.15, 0.2) is 28.3 Å². The number of carbonyl (C=O) groups is 4. The first-order chi connectivity index (χ1) is 22.0. The fourth-order valence-corrected chi connectivity index (χ4v) is 5.35. The Bertz CT molecular complexity index is 1850. The number of nitrogen functional groups attached to an aromatic ring is 2. The van der Waals surface area contributed by atoms with Crippen molar-refractivity contribution in [1.82, 2.24) is 25.3 Å². The molecule has 0 saturated carbocycles. The first-order valence-corrected chi connectivity index (χ1v) is 14.3. The average molecular weight is 628 g/mol. The van der Waals surface area contributed by atoms with E-state index in [0.29, 0.717) is 36.4 Å². The van der Waals surface area contributed by atoms with Gasteiger partial charge in [-0.2, -0.15) is 9.97 Å². The second-order valence-electron chi connectivity index (χ2n) is 10.7. The molecule has 0 unspecified atom stereocenters. The van der Waals surface area contributed by atoms with Crippen LogP contribution in [-0.2, 0) is 27.2 Å². The van der Waals surface area contributed by atoms with E-state index in [1.807, 2.05) is 6.07 Å². The molecule has 1 aliphatic rings. The standard InChI is InChI=1S/C31H33N9O6/c1-45-28(43)20-6-3-5-19(14-20)27(42)35-11-4-10-31(34,29(44)46-2)24(41)18-7-8-22-17(13-18)9-12-40(22)16-21-15-36-26-23(37-21)25(32)38-30(33)39-26/h3,5-8,13-15H,4,9-12,16,34H2,1-2H3,(H,35,42)(H4,32,33,36,38,39)/t31-/m1/s1. The van der Waals surface area contributed by atoms with Gasteiger partial charge < -0.3 is 36.9 Å². The van der Waals surface area contributed by atoms with Gasteiger partial charge >= 0.3 is 11.9 Å². The third-order valence-electron chi connectivity index (χ3n) is 7.72. The number of esters is 2. The molecule has 238 valence electrons. The molecule has 0 bridgehead atoms. The van der Waals surface area contributed by atoms with E-state index in [1.54, 1.807) is 30.5 Å². The number of aromatic nitrogens is 4. The van der Waals surface area contributed by atoms with Crippen LogP contribution in [-0.4, -0.2) is 76.4 Å². The molecule has 46 heavy (non-hydrogen) atoms. The fraction of sp³-hybridized carbons (Fsp3) is 0.290. The van der Waals surface area contributed by atoms with Crippen LogP contribution in [0.4, 0.5) is 17.5 Å². The van der Waals surface area contributed by atoms with E-state index in [-0.39, 0.29) is 47.8 Å². The second-order valence-corrected chi connectivity index (χ2v) is 10.7. The fourth-order valence-electron chi connectivity index (χ4n) is 5.35.